The van der Waals surface area contributed by atoms with Gasteiger partial charge >= 0.3 is 0 Å². The highest BCUT2D eigenvalue weighted by Crippen LogP contribution is 2.47. The zero-order chi connectivity index (χ0) is 38.4. The number of fused-ring (bicyclic) bond motifs is 5. The van der Waals surface area contributed by atoms with Gasteiger partial charge in [-0.05, 0) is 97.9 Å². The molecule has 0 amide bonds. The molecule has 2 heteroatoms. The van der Waals surface area contributed by atoms with Gasteiger partial charge in [0.25, 0.3) is 0 Å². The third-order valence-corrected chi connectivity index (χ3v) is 11.6. The first-order valence-electron chi connectivity index (χ1n) is 19.9. The van der Waals surface area contributed by atoms with Crippen molar-refractivity contribution in [3.8, 4) is 39.1 Å². The molecule has 2 nitrogen and oxygen atoms in total. The molecule has 10 aromatic carbocycles. The van der Waals surface area contributed by atoms with Gasteiger partial charge in [0.05, 0.1) is 16.7 Å². The molecule has 0 aliphatic carbocycles. The number of para-hydroxylation sites is 3. The van der Waals surface area contributed by atoms with Crippen LogP contribution in [0.5, 0.6) is 0 Å². The Hall–Kier alpha value is -7.68. The smallest absolute Gasteiger partial charge is 0.0561 e. The second kappa shape index (κ2) is 14.1. The van der Waals surface area contributed by atoms with E-state index in [1.807, 2.05) is 0 Å². The maximum absolute atomic E-state index is 2.46. The molecule has 0 spiro atoms. The summed E-state index contributed by atoms with van der Waals surface area (Å²) in [6.45, 7) is 0. The van der Waals surface area contributed by atoms with Gasteiger partial charge in [0, 0.05) is 33.4 Å². The van der Waals surface area contributed by atoms with Crippen LogP contribution >= 0.6 is 0 Å². The Bertz CT molecular complexity index is 3280. The molecule has 0 N–H and O–H groups in total. The maximum atomic E-state index is 2.46. The van der Waals surface area contributed by atoms with Crippen LogP contribution in [0, 0.1) is 0 Å². The van der Waals surface area contributed by atoms with Gasteiger partial charge in [-0.3, -0.25) is 0 Å². The zero-order valence-corrected chi connectivity index (χ0v) is 31.8. The molecule has 1 heterocycles. The summed E-state index contributed by atoms with van der Waals surface area (Å²) in [6.07, 6.45) is 0. The van der Waals surface area contributed by atoms with Crippen LogP contribution in [0.2, 0.25) is 0 Å². The summed E-state index contributed by atoms with van der Waals surface area (Å²) in [6, 6.07) is 83.8. The van der Waals surface area contributed by atoms with Gasteiger partial charge in [-0.2, -0.15) is 0 Å². The molecule has 11 rings (SSSR count). The minimum absolute atomic E-state index is 1.08. The first-order chi connectivity index (χ1) is 28.8. The van der Waals surface area contributed by atoms with Crippen molar-refractivity contribution in [3.05, 3.63) is 231 Å². The number of benzene rings is 10. The van der Waals surface area contributed by atoms with Crippen molar-refractivity contribution >= 4 is 60.4 Å². The molecule has 0 aliphatic heterocycles. The van der Waals surface area contributed by atoms with Crippen molar-refractivity contribution in [3.63, 3.8) is 0 Å². The van der Waals surface area contributed by atoms with Gasteiger partial charge in [-0.15, -0.1) is 0 Å². The van der Waals surface area contributed by atoms with Gasteiger partial charge in [-0.1, -0.05) is 182 Å². The van der Waals surface area contributed by atoms with E-state index in [1.54, 1.807) is 0 Å². The second-order valence-corrected chi connectivity index (χ2v) is 14.9. The summed E-state index contributed by atoms with van der Waals surface area (Å²) in [5, 5.41) is 7.39. The highest BCUT2D eigenvalue weighted by atomic mass is 15.1. The summed E-state index contributed by atoms with van der Waals surface area (Å²) < 4.78 is 2.40. The molecule has 0 radical (unpaired) electrons. The Morgan fingerprint density at radius 3 is 1.55 bits per heavy atom. The topological polar surface area (TPSA) is 8.17 Å². The molecular formula is C56H38N2. The molecule has 0 saturated heterocycles. The van der Waals surface area contributed by atoms with Crippen LogP contribution in [0.3, 0.4) is 0 Å². The lowest BCUT2D eigenvalue weighted by atomic mass is 9.90. The van der Waals surface area contributed by atoms with E-state index in [1.165, 1.54) is 71.2 Å². The van der Waals surface area contributed by atoms with Crippen LogP contribution in [-0.2, 0) is 0 Å². The number of hydrogen-bond acceptors (Lipinski definition) is 1. The lowest BCUT2D eigenvalue weighted by Crippen LogP contribution is -2.12. The average Bonchev–Trinajstić information content (AvgIpc) is 3.63. The van der Waals surface area contributed by atoms with E-state index < -0.39 is 0 Å². The van der Waals surface area contributed by atoms with E-state index in [0.717, 1.165) is 28.3 Å². The van der Waals surface area contributed by atoms with E-state index in [4.69, 9.17) is 0 Å². The van der Waals surface area contributed by atoms with Gasteiger partial charge in [-0.25, -0.2) is 0 Å². The Morgan fingerprint density at radius 2 is 0.810 bits per heavy atom. The molecule has 0 aliphatic rings. The highest BCUT2D eigenvalue weighted by molar-refractivity contribution is 6.11. The van der Waals surface area contributed by atoms with Gasteiger partial charge < -0.3 is 9.47 Å². The molecule has 0 saturated carbocycles. The average molecular weight is 739 g/mol. The fourth-order valence-electron chi connectivity index (χ4n) is 8.96. The van der Waals surface area contributed by atoms with E-state index in [0.29, 0.717) is 0 Å². The van der Waals surface area contributed by atoms with E-state index in [2.05, 4.69) is 240 Å². The second-order valence-electron chi connectivity index (χ2n) is 14.9. The van der Waals surface area contributed by atoms with Crippen molar-refractivity contribution in [1.82, 2.24) is 4.57 Å². The van der Waals surface area contributed by atoms with Crippen molar-refractivity contribution in [2.24, 2.45) is 0 Å². The molecule has 0 unspecified atom stereocenters. The maximum Gasteiger partial charge on any atom is 0.0561 e. The first-order valence-corrected chi connectivity index (χ1v) is 19.9. The Labute approximate surface area is 338 Å². The number of nitrogens with zero attached hydrogens (tertiary/aromatic N) is 2. The Kier molecular flexibility index (Phi) is 8.19. The summed E-state index contributed by atoms with van der Waals surface area (Å²) in [4.78, 5) is 2.46. The van der Waals surface area contributed by atoms with Crippen LogP contribution in [0.25, 0.3) is 82.4 Å². The fourth-order valence-corrected chi connectivity index (χ4v) is 8.96. The van der Waals surface area contributed by atoms with Crippen LogP contribution in [0.4, 0.5) is 17.1 Å². The molecular weight excluding hydrogens is 701 g/mol. The first kappa shape index (κ1) is 33.6. The fraction of sp³-hybridized carbons (Fsp3) is 0. The predicted molar refractivity (Wildman–Crippen MR) is 247 cm³/mol. The summed E-state index contributed by atoms with van der Waals surface area (Å²) in [7, 11) is 0. The van der Waals surface area contributed by atoms with Gasteiger partial charge in [0.1, 0.15) is 0 Å². The molecule has 0 atom stereocenters. The molecule has 1 aromatic heterocycles. The van der Waals surface area contributed by atoms with Gasteiger partial charge in [0.15, 0.2) is 0 Å². The van der Waals surface area contributed by atoms with Gasteiger partial charge in [0.2, 0.25) is 0 Å². The van der Waals surface area contributed by atoms with Crippen molar-refractivity contribution in [1.29, 1.82) is 0 Å². The lowest BCUT2D eigenvalue weighted by Gasteiger charge is -2.29. The molecule has 58 heavy (non-hydrogen) atoms. The van der Waals surface area contributed by atoms with Crippen molar-refractivity contribution in [2.45, 2.75) is 0 Å². The highest BCUT2D eigenvalue weighted by Gasteiger charge is 2.22. The van der Waals surface area contributed by atoms with Crippen LogP contribution in [0.15, 0.2) is 231 Å². The number of rotatable bonds is 7. The monoisotopic (exact) mass is 738 g/mol. The zero-order valence-electron chi connectivity index (χ0n) is 31.8. The minimum Gasteiger partial charge on any atom is -0.310 e. The predicted octanol–water partition coefficient (Wildman–Crippen LogP) is 15.6. The molecule has 11 aromatic rings. The van der Waals surface area contributed by atoms with Crippen LogP contribution < -0.4 is 4.90 Å². The SMILES string of the molecule is c1ccc(-c2cc(N(c3ccc4c5ccccc5n(-c5ccccc5)c4c3)c3ccccc3-c3cccc4ccccc34)ccc2-c2cccc3ccccc23)cc1. The van der Waals surface area contributed by atoms with E-state index >= 15 is 0 Å². The Balaban J connectivity index is 1.21. The Morgan fingerprint density at radius 1 is 0.293 bits per heavy atom. The normalized spacial score (nSPS) is 11.4. The summed E-state index contributed by atoms with van der Waals surface area (Å²) >= 11 is 0. The largest absolute Gasteiger partial charge is 0.310 e. The van der Waals surface area contributed by atoms with Crippen LogP contribution in [0.1, 0.15) is 0 Å². The van der Waals surface area contributed by atoms with E-state index in [-0.39, 0.29) is 0 Å². The van der Waals surface area contributed by atoms with E-state index in [9.17, 15) is 0 Å². The third kappa shape index (κ3) is 5.66. The molecule has 0 bridgehead atoms. The number of anilines is 3. The summed E-state index contributed by atoms with van der Waals surface area (Å²) in [5.74, 6) is 0. The standard InChI is InChI=1S/C56H38N2/c1-3-17-41(18-4-1)53-37-43(33-35-49(53)47-29-15-21-39-19-7-9-25-45(39)47)57(54-31-13-11-27-50(54)48-30-16-22-40-20-8-10-26-46(40)48)44-34-36-52-51-28-12-14-32-55(51)58(56(52)38-44)42-23-5-2-6-24-42/h1-38H. The molecule has 0 fully saturated rings. The lowest BCUT2D eigenvalue weighted by molar-refractivity contribution is 1.18. The van der Waals surface area contributed by atoms with Crippen LogP contribution in [-0.4, -0.2) is 4.57 Å². The number of aromatic nitrogens is 1. The number of hydrogen-bond donors (Lipinski definition) is 0. The van der Waals surface area contributed by atoms with Crippen molar-refractivity contribution < 1.29 is 0 Å². The summed E-state index contributed by atoms with van der Waals surface area (Å²) in [5.41, 5.74) is 13.9. The quantitative estimate of drug-likeness (QED) is 0.158. The third-order valence-electron chi connectivity index (χ3n) is 11.6. The minimum atomic E-state index is 1.08. The molecule has 272 valence electrons. The van der Waals surface area contributed by atoms with Crippen molar-refractivity contribution in [2.75, 3.05) is 4.90 Å².